The molecule has 0 bridgehead atoms. The molecule has 2 aromatic rings. The molecule has 0 atom stereocenters. The minimum absolute atomic E-state index is 0.634. The lowest BCUT2D eigenvalue weighted by Gasteiger charge is -1.95. The number of hydrogen-bond acceptors (Lipinski definition) is 3. The molecule has 0 N–H and O–H groups in total. The number of carbonyl (C=O) groups excluding carboxylic acids is 1. The first-order chi connectivity index (χ1) is 6.79. The first-order valence-corrected chi connectivity index (χ1v) is 4.21. The molecule has 0 aliphatic carbocycles. The fourth-order valence-electron chi connectivity index (χ4n) is 1.22. The number of aryl methyl sites for hydroxylation is 1. The third-order valence-corrected chi connectivity index (χ3v) is 1.88. The first kappa shape index (κ1) is 8.62. The molecule has 1 heterocycles. The van der Waals surface area contributed by atoms with Crippen LogP contribution in [0.4, 0.5) is 0 Å². The van der Waals surface area contributed by atoms with E-state index in [-0.39, 0.29) is 0 Å². The molecule has 0 radical (unpaired) electrons. The second-order valence-corrected chi connectivity index (χ2v) is 2.99. The smallest absolute Gasteiger partial charge is 0.181 e. The van der Waals surface area contributed by atoms with Gasteiger partial charge < -0.3 is 0 Å². The summed E-state index contributed by atoms with van der Waals surface area (Å²) in [6.45, 7) is 0. The lowest BCUT2D eigenvalue weighted by molar-refractivity contribution is 0.112. The fourth-order valence-corrected chi connectivity index (χ4v) is 1.22. The normalized spacial score (nSPS) is 10.1. The average Bonchev–Trinajstić information content (AvgIpc) is 2.65. The largest absolute Gasteiger partial charge is 0.298 e. The SMILES string of the molecule is Cn1cnc(-c2cccc(C=O)c2)n1. The number of carbonyl (C=O) groups is 1. The van der Waals surface area contributed by atoms with E-state index in [1.54, 1.807) is 30.2 Å². The van der Waals surface area contributed by atoms with Crippen LogP contribution in [0.3, 0.4) is 0 Å². The number of benzene rings is 1. The van der Waals surface area contributed by atoms with Crippen LogP contribution in [0.5, 0.6) is 0 Å². The summed E-state index contributed by atoms with van der Waals surface area (Å²) in [6.07, 6.45) is 2.44. The standard InChI is InChI=1S/C10H9N3O/c1-13-7-11-10(12-13)9-4-2-3-8(5-9)6-14/h2-7H,1H3. The van der Waals surface area contributed by atoms with E-state index >= 15 is 0 Å². The molecule has 2 rings (SSSR count). The average molecular weight is 187 g/mol. The highest BCUT2D eigenvalue weighted by molar-refractivity contribution is 5.77. The van der Waals surface area contributed by atoms with Gasteiger partial charge in [-0.25, -0.2) is 4.98 Å². The van der Waals surface area contributed by atoms with Crippen LogP contribution >= 0.6 is 0 Å². The number of aromatic nitrogens is 3. The predicted molar refractivity (Wildman–Crippen MR) is 51.8 cm³/mol. The van der Waals surface area contributed by atoms with Crippen molar-refractivity contribution in [1.82, 2.24) is 14.8 Å². The highest BCUT2D eigenvalue weighted by atomic mass is 16.1. The van der Waals surface area contributed by atoms with E-state index in [0.717, 1.165) is 11.8 Å². The summed E-state index contributed by atoms with van der Waals surface area (Å²) in [7, 11) is 1.81. The summed E-state index contributed by atoms with van der Waals surface area (Å²) < 4.78 is 1.63. The van der Waals surface area contributed by atoms with Crippen molar-refractivity contribution in [2.24, 2.45) is 7.05 Å². The summed E-state index contributed by atoms with van der Waals surface area (Å²) in [4.78, 5) is 14.6. The Kier molecular flexibility index (Phi) is 2.10. The molecular weight excluding hydrogens is 178 g/mol. The third kappa shape index (κ3) is 1.54. The van der Waals surface area contributed by atoms with Gasteiger partial charge in [0.25, 0.3) is 0 Å². The van der Waals surface area contributed by atoms with Gasteiger partial charge in [-0.2, -0.15) is 5.10 Å². The Balaban J connectivity index is 2.46. The van der Waals surface area contributed by atoms with Crippen LogP contribution in [0.15, 0.2) is 30.6 Å². The van der Waals surface area contributed by atoms with Crippen molar-refractivity contribution in [3.8, 4) is 11.4 Å². The minimum Gasteiger partial charge on any atom is -0.298 e. The zero-order valence-corrected chi connectivity index (χ0v) is 7.71. The van der Waals surface area contributed by atoms with Gasteiger partial charge >= 0.3 is 0 Å². The van der Waals surface area contributed by atoms with Crippen molar-refractivity contribution >= 4 is 6.29 Å². The lowest BCUT2D eigenvalue weighted by Crippen LogP contribution is -1.88. The van der Waals surface area contributed by atoms with Gasteiger partial charge in [0.1, 0.15) is 12.6 Å². The quantitative estimate of drug-likeness (QED) is 0.665. The molecule has 0 fully saturated rings. The monoisotopic (exact) mass is 187 g/mol. The molecule has 1 aromatic carbocycles. The van der Waals surface area contributed by atoms with Crippen molar-refractivity contribution in [2.75, 3.05) is 0 Å². The molecule has 1 aromatic heterocycles. The second kappa shape index (κ2) is 3.41. The molecule has 0 saturated carbocycles. The summed E-state index contributed by atoms with van der Waals surface area (Å²) in [6, 6.07) is 7.21. The summed E-state index contributed by atoms with van der Waals surface area (Å²) in [5, 5.41) is 4.15. The molecular formula is C10H9N3O. The van der Waals surface area contributed by atoms with Crippen molar-refractivity contribution in [1.29, 1.82) is 0 Å². The zero-order valence-electron chi connectivity index (χ0n) is 7.71. The number of hydrogen-bond donors (Lipinski definition) is 0. The molecule has 0 aliphatic heterocycles. The van der Waals surface area contributed by atoms with Crippen molar-refractivity contribution in [3.63, 3.8) is 0 Å². The Bertz CT molecular complexity index is 462. The van der Waals surface area contributed by atoms with E-state index in [2.05, 4.69) is 10.1 Å². The van der Waals surface area contributed by atoms with E-state index < -0.39 is 0 Å². The van der Waals surface area contributed by atoms with E-state index in [4.69, 9.17) is 0 Å². The molecule has 0 saturated heterocycles. The van der Waals surface area contributed by atoms with E-state index in [1.807, 2.05) is 12.1 Å². The molecule has 0 amide bonds. The Morgan fingerprint density at radius 1 is 1.43 bits per heavy atom. The fraction of sp³-hybridized carbons (Fsp3) is 0.100. The first-order valence-electron chi connectivity index (χ1n) is 4.21. The Morgan fingerprint density at radius 3 is 2.93 bits per heavy atom. The molecule has 4 nitrogen and oxygen atoms in total. The molecule has 0 unspecified atom stereocenters. The summed E-state index contributed by atoms with van der Waals surface area (Å²) in [5.41, 5.74) is 1.49. The maximum atomic E-state index is 10.5. The van der Waals surface area contributed by atoms with Crippen LogP contribution < -0.4 is 0 Å². The zero-order chi connectivity index (χ0) is 9.97. The maximum absolute atomic E-state index is 10.5. The third-order valence-electron chi connectivity index (χ3n) is 1.88. The van der Waals surface area contributed by atoms with Gasteiger partial charge in [-0.15, -0.1) is 0 Å². The highest BCUT2D eigenvalue weighted by Crippen LogP contribution is 2.14. The molecule has 70 valence electrons. The van der Waals surface area contributed by atoms with Gasteiger partial charge in [0, 0.05) is 18.2 Å². The number of nitrogens with zero attached hydrogens (tertiary/aromatic N) is 3. The van der Waals surface area contributed by atoms with Crippen LogP contribution in [0, 0.1) is 0 Å². The van der Waals surface area contributed by atoms with E-state index in [0.29, 0.717) is 11.4 Å². The Morgan fingerprint density at radius 2 is 2.29 bits per heavy atom. The Labute approximate surface area is 81.2 Å². The topological polar surface area (TPSA) is 47.8 Å². The van der Waals surface area contributed by atoms with Gasteiger partial charge in [0.2, 0.25) is 0 Å². The van der Waals surface area contributed by atoms with Crippen LogP contribution in [0.2, 0.25) is 0 Å². The summed E-state index contributed by atoms with van der Waals surface area (Å²) >= 11 is 0. The van der Waals surface area contributed by atoms with E-state index in [9.17, 15) is 4.79 Å². The van der Waals surface area contributed by atoms with Gasteiger partial charge in [0.05, 0.1) is 0 Å². The van der Waals surface area contributed by atoms with Gasteiger partial charge in [-0.3, -0.25) is 9.48 Å². The number of aldehydes is 1. The van der Waals surface area contributed by atoms with Crippen LogP contribution in [0.1, 0.15) is 10.4 Å². The minimum atomic E-state index is 0.634. The Hall–Kier alpha value is -1.97. The summed E-state index contributed by atoms with van der Waals surface area (Å²) in [5.74, 6) is 0.635. The predicted octanol–water partition coefficient (Wildman–Crippen LogP) is 1.29. The van der Waals surface area contributed by atoms with Crippen molar-refractivity contribution < 1.29 is 4.79 Å². The van der Waals surface area contributed by atoms with Crippen LogP contribution in [0.25, 0.3) is 11.4 Å². The number of rotatable bonds is 2. The molecule has 14 heavy (non-hydrogen) atoms. The van der Waals surface area contributed by atoms with Crippen molar-refractivity contribution in [2.45, 2.75) is 0 Å². The van der Waals surface area contributed by atoms with Crippen LogP contribution in [-0.4, -0.2) is 21.1 Å². The van der Waals surface area contributed by atoms with Crippen LogP contribution in [-0.2, 0) is 7.05 Å². The molecule has 0 spiro atoms. The van der Waals surface area contributed by atoms with Gasteiger partial charge in [0.15, 0.2) is 5.82 Å². The highest BCUT2D eigenvalue weighted by Gasteiger charge is 2.02. The molecule has 4 heteroatoms. The van der Waals surface area contributed by atoms with Gasteiger partial charge in [-0.1, -0.05) is 18.2 Å². The van der Waals surface area contributed by atoms with Gasteiger partial charge in [-0.05, 0) is 6.07 Å². The van der Waals surface area contributed by atoms with E-state index in [1.165, 1.54) is 0 Å². The lowest BCUT2D eigenvalue weighted by atomic mass is 10.1. The second-order valence-electron chi connectivity index (χ2n) is 2.99. The van der Waals surface area contributed by atoms with Crippen molar-refractivity contribution in [3.05, 3.63) is 36.2 Å². The maximum Gasteiger partial charge on any atom is 0.181 e. The molecule has 0 aliphatic rings.